The molecular formula is C21H22N4O. The van der Waals surface area contributed by atoms with Gasteiger partial charge in [0.1, 0.15) is 17.8 Å². The number of amides is 1. The Morgan fingerprint density at radius 3 is 2.62 bits per heavy atom. The highest BCUT2D eigenvalue weighted by atomic mass is 16.1. The molecule has 0 bridgehead atoms. The van der Waals surface area contributed by atoms with Crippen LogP contribution in [-0.2, 0) is 6.42 Å². The summed E-state index contributed by atoms with van der Waals surface area (Å²) in [6, 6.07) is 17.7. The smallest absolute Gasteiger partial charge is 0.274 e. The van der Waals surface area contributed by atoms with E-state index in [0.29, 0.717) is 11.5 Å². The van der Waals surface area contributed by atoms with E-state index in [4.69, 9.17) is 0 Å². The maximum absolute atomic E-state index is 12.5. The summed E-state index contributed by atoms with van der Waals surface area (Å²) >= 11 is 0. The zero-order chi connectivity index (χ0) is 18.4. The Kier molecular flexibility index (Phi) is 5.59. The van der Waals surface area contributed by atoms with Crippen molar-refractivity contribution in [2.75, 3.05) is 17.2 Å². The van der Waals surface area contributed by atoms with Gasteiger partial charge in [-0.2, -0.15) is 0 Å². The maximum atomic E-state index is 12.5. The second-order valence-electron chi connectivity index (χ2n) is 6.15. The summed E-state index contributed by atoms with van der Waals surface area (Å²) < 4.78 is 0. The summed E-state index contributed by atoms with van der Waals surface area (Å²) in [5.41, 5.74) is 4.57. The van der Waals surface area contributed by atoms with Gasteiger partial charge >= 0.3 is 0 Å². The summed E-state index contributed by atoms with van der Waals surface area (Å²) in [5.74, 6) is 0.397. The number of nitrogens with zero attached hydrogens (tertiary/aromatic N) is 2. The van der Waals surface area contributed by atoms with Crippen molar-refractivity contribution in [2.45, 2.75) is 20.3 Å². The van der Waals surface area contributed by atoms with E-state index >= 15 is 0 Å². The van der Waals surface area contributed by atoms with Crippen molar-refractivity contribution in [1.29, 1.82) is 0 Å². The first-order valence-corrected chi connectivity index (χ1v) is 8.61. The summed E-state index contributed by atoms with van der Waals surface area (Å²) in [4.78, 5) is 20.8. The van der Waals surface area contributed by atoms with Gasteiger partial charge in [0.05, 0.1) is 0 Å². The first kappa shape index (κ1) is 17.6. The molecule has 2 aromatic carbocycles. The Bertz CT molecular complexity index is 894. The quantitative estimate of drug-likeness (QED) is 0.708. The molecule has 3 aromatic rings. The Hall–Kier alpha value is -3.21. The van der Waals surface area contributed by atoms with Gasteiger partial charge in [0, 0.05) is 18.3 Å². The van der Waals surface area contributed by atoms with Crippen molar-refractivity contribution in [2.24, 2.45) is 0 Å². The second kappa shape index (κ2) is 8.25. The fourth-order valence-electron chi connectivity index (χ4n) is 2.63. The molecule has 1 heterocycles. The molecule has 0 aliphatic heterocycles. The van der Waals surface area contributed by atoms with Crippen LogP contribution < -0.4 is 10.6 Å². The molecule has 0 spiro atoms. The number of benzene rings is 2. The summed E-state index contributed by atoms with van der Waals surface area (Å²) in [6.45, 7) is 4.74. The van der Waals surface area contributed by atoms with Gasteiger partial charge < -0.3 is 10.6 Å². The van der Waals surface area contributed by atoms with Crippen molar-refractivity contribution < 1.29 is 4.79 Å². The van der Waals surface area contributed by atoms with Crippen molar-refractivity contribution in [3.63, 3.8) is 0 Å². The van der Waals surface area contributed by atoms with Crippen molar-refractivity contribution >= 4 is 17.4 Å². The molecule has 5 heteroatoms. The third kappa shape index (κ3) is 4.45. The lowest BCUT2D eigenvalue weighted by Gasteiger charge is -2.11. The average molecular weight is 346 g/mol. The predicted molar refractivity (Wildman–Crippen MR) is 105 cm³/mol. The Morgan fingerprint density at radius 1 is 1.00 bits per heavy atom. The topological polar surface area (TPSA) is 66.9 Å². The van der Waals surface area contributed by atoms with E-state index in [9.17, 15) is 4.79 Å². The first-order chi connectivity index (χ1) is 12.6. The van der Waals surface area contributed by atoms with E-state index in [1.807, 2.05) is 50.2 Å². The number of aryl methyl sites for hydroxylation is 1. The molecule has 2 N–H and O–H groups in total. The largest absolute Gasteiger partial charge is 0.370 e. The molecule has 3 rings (SSSR count). The molecule has 0 fully saturated rings. The summed E-state index contributed by atoms with van der Waals surface area (Å²) in [7, 11) is 0. The van der Waals surface area contributed by atoms with Crippen molar-refractivity contribution in [1.82, 2.24) is 9.97 Å². The normalized spacial score (nSPS) is 10.4. The highest BCUT2D eigenvalue weighted by Crippen LogP contribution is 2.18. The van der Waals surface area contributed by atoms with Gasteiger partial charge in [-0.1, -0.05) is 42.5 Å². The van der Waals surface area contributed by atoms with E-state index in [-0.39, 0.29) is 5.91 Å². The van der Waals surface area contributed by atoms with Gasteiger partial charge in [-0.15, -0.1) is 0 Å². The Balaban J connectivity index is 1.63. The number of anilines is 2. The fourth-order valence-corrected chi connectivity index (χ4v) is 2.63. The lowest BCUT2D eigenvalue weighted by atomic mass is 10.1. The highest BCUT2D eigenvalue weighted by molar-refractivity contribution is 6.03. The molecule has 1 amide bonds. The predicted octanol–water partition coefficient (Wildman–Crippen LogP) is 4.00. The van der Waals surface area contributed by atoms with Gasteiger partial charge in [-0.25, -0.2) is 9.97 Å². The van der Waals surface area contributed by atoms with Crippen LogP contribution in [0.3, 0.4) is 0 Å². The molecular weight excluding hydrogens is 324 g/mol. The third-order valence-electron chi connectivity index (χ3n) is 4.32. The van der Waals surface area contributed by atoms with Crippen LogP contribution in [0.1, 0.15) is 27.2 Å². The number of carbonyl (C=O) groups excluding carboxylic acids is 1. The lowest BCUT2D eigenvalue weighted by Crippen LogP contribution is -2.16. The van der Waals surface area contributed by atoms with E-state index in [2.05, 4.69) is 32.7 Å². The van der Waals surface area contributed by atoms with E-state index in [0.717, 1.165) is 29.8 Å². The molecule has 0 aliphatic carbocycles. The van der Waals surface area contributed by atoms with Crippen molar-refractivity contribution in [3.8, 4) is 0 Å². The summed E-state index contributed by atoms with van der Waals surface area (Å²) in [5, 5.41) is 6.16. The molecule has 0 atom stereocenters. The number of aromatic nitrogens is 2. The van der Waals surface area contributed by atoms with Gasteiger partial charge in [0.15, 0.2) is 0 Å². The van der Waals surface area contributed by atoms with Crippen LogP contribution in [0.4, 0.5) is 11.5 Å². The van der Waals surface area contributed by atoms with Crippen LogP contribution >= 0.6 is 0 Å². The number of carbonyl (C=O) groups is 1. The number of nitrogens with one attached hydrogen (secondary N) is 2. The molecule has 0 saturated carbocycles. The van der Waals surface area contributed by atoms with Gasteiger partial charge in [-0.05, 0) is 43.0 Å². The van der Waals surface area contributed by atoms with Crippen LogP contribution in [0.15, 0.2) is 60.9 Å². The second-order valence-corrected chi connectivity index (χ2v) is 6.15. The standard InChI is InChI=1S/C21H22N4O/c1-15-7-6-10-18(16(15)2)25-21(26)19-13-20(24-14-23-19)22-12-11-17-8-4-3-5-9-17/h3-10,13-14H,11-12H2,1-2H3,(H,25,26)(H,22,23,24). The lowest BCUT2D eigenvalue weighted by molar-refractivity contribution is 0.102. The maximum Gasteiger partial charge on any atom is 0.274 e. The fraction of sp³-hybridized carbons (Fsp3) is 0.190. The SMILES string of the molecule is Cc1cccc(NC(=O)c2cc(NCCc3ccccc3)ncn2)c1C. The first-order valence-electron chi connectivity index (χ1n) is 8.61. The average Bonchev–Trinajstić information content (AvgIpc) is 2.66. The van der Waals surface area contributed by atoms with E-state index < -0.39 is 0 Å². The van der Waals surface area contributed by atoms with E-state index in [1.54, 1.807) is 6.07 Å². The number of hydrogen-bond acceptors (Lipinski definition) is 4. The molecule has 26 heavy (non-hydrogen) atoms. The number of hydrogen-bond donors (Lipinski definition) is 2. The molecule has 1 aromatic heterocycles. The minimum absolute atomic E-state index is 0.243. The van der Waals surface area contributed by atoms with Crippen LogP contribution in [0.2, 0.25) is 0 Å². The van der Waals surface area contributed by atoms with E-state index in [1.165, 1.54) is 11.9 Å². The molecule has 5 nitrogen and oxygen atoms in total. The zero-order valence-electron chi connectivity index (χ0n) is 15.0. The molecule has 0 aliphatic rings. The number of rotatable bonds is 6. The molecule has 132 valence electrons. The van der Waals surface area contributed by atoms with Gasteiger partial charge in [-0.3, -0.25) is 4.79 Å². The summed E-state index contributed by atoms with van der Waals surface area (Å²) in [6.07, 6.45) is 2.29. The Morgan fingerprint density at radius 2 is 1.81 bits per heavy atom. The molecule has 0 saturated heterocycles. The minimum atomic E-state index is -0.243. The molecule has 0 radical (unpaired) electrons. The zero-order valence-corrected chi connectivity index (χ0v) is 15.0. The van der Waals surface area contributed by atoms with Gasteiger partial charge in [0.2, 0.25) is 0 Å². The van der Waals surface area contributed by atoms with Crippen molar-refractivity contribution in [3.05, 3.63) is 83.3 Å². The van der Waals surface area contributed by atoms with Crippen LogP contribution in [0, 0.1) is 13.8 Å². The highest BCUT2D eigenvalue weighted by Gasteiger charge is 2.11. The van der Waals surface area contributed by atoms with Gasteiger partial charge in [0.25, 0.3) is 5.91 Å². The molecule has 0 unspecified atom stereocenters. The monoisotopic (exact) mass is 346 g/mol. The van der Waals surface area contributed by atoms with Crippen LogP contribution in [0.5, 0.6) is 0 Å². The third-order valence-corrected chi connectivity index (χ3v) is 4.32. The Labute approximate surface area is 153 Å². The minimum Gasteiger partial charge on any atom is -0.370 e. The van der Waals surface area contributed by atoms with Crippen LogP contribution in [0.25, 0.3) is 0 Å². The van der Waals surface area contributed by atoms with Crippen LogP contribution in [-0.4, -0.2) is 22.4 Å².